The first-order valence-corrected chi connectivity index (χ1v) is 20.0. The van der Waals surface area contributed by atoms with Crippen molar-refractivity contribution in [3.8, 4) is 0 Å². The number of cyclic esters (lactones) is 1. The van der Waals surface area contributed by atoms with E-state index in [2.05, 4.69) is 68.1 Å². The summed E-state index contributed by atoms with van der Waals surface area (Å²) >= 11 is 0. The number of ether oxygens (including phenoxy) is 1. The van der Waals surface area contributed by atoms with Crippen LogP contribution in [0.25, 0.3) is 0 Å². The van der Waals surface area contributed by atoms with Crippen molar-refractivity contribution in [2.24, 2.45) is 35.5 Å². The predicted octanol–water partition coefficient (Wildman–Crippen LogP) is 8.17. The molecule has 1 aliphatic heterocycles. The zero-order valence-electron chi connectivity index (χ0n) is 30.1. The fourth-order valence-electron chi connectivity index (χ4n) is 5.74. The Bertz CT molecular complexity index is 1010. The number of carbonyl (C=O) groups is 1. The summed E-state index contributed by atoms with van der Waals surface area (Å²) in [5.41, 5.74) is 0. The number of hydrogen-bond donors (Lipinski definition) is 3. The number of carbonyl (C=O) groups excluding carboxylic acids is 1. The van der Waals surface area contributed by atoms with E-state index >= 15 is 0 Å². The smallest absolute Gasteiger partial charge is 0.331 e. The van der Waals surface area contributed by atoms with E-state index in [0.717, 1.165) is 19.3 Å². The summed E-state index contributed by atoms with van der Waals surface area (Å²) in [7, 11) is -2.16. The number of aliphatic hydroxyl groups is 3. The molecule has 0 amide bonds. The van der Waals surface area contributed by atoms with Crippen molar-refractivity contribution in [1.82, 2.24) is 0 Å². The molecule has 0 spiro atoms. The Morgan fingerprint density at radius 1 is 0.978 bits per heavy atom. The molecule has 0 fully saturated rings. The summed E-state index contributed by atoms with van der Waals surface area (Å²) in [4.78, 5) is 13.1. The van der Waals surface area contributed by atoms with Crippen LogP contribution in [0.1, 0.15) is 88.0 Å². The Balaban J connectivity index is 3.51. The van der Waals surface area contributed by atoms with Gasteiger partial charge in [0.25, 0.3) is 0 Å². The van der Waals surface area contributed by atoms with Gasteiger partial charge in [-0.05, 0) is 49.2 Å². The van der Waals surface area contributed by atoms with E-state index < -0.39 is 38.7 Å². The van der Waals surface area contributed by atoms with E-state index in [-0.39, 0.29) is 47.2 Å². The van der Waals surface area contributed by atoms with Gasteiger partial charge in [-0.15, -0.1) is 0 Å². The number of esters is 1. The highest BCUT2D eigenvalue weighted by Gasteiger charge is 2.42. The first kappa shape index (κ1) is 41.3. The Labute approximate surface area is 276 Å². The van der Waals surface area contributed by atoms with Crippen LogP contribution in [0.4, 0.5) is 0 Å². The molecule has 0 aromatic heterocycles. The molecule has 0 aromatic carbocycles. The van der Waals surface area contributed by atoms with Gasteiger partial charge >= 0.3 is 5.97 Å². The van der Waals surface area contributed by atoms with Gasteiger partial charge in [-0.2, -0.15) is 0 Å². The van der Waals surface area contributed by atoms with Crippen molar-refractivity contribution in [3.05, 3.63) is 61.3 Å². The Hall–Kier alpha value is -1.77. The monoisotopic (exact) mass is 646 g/mol. The SMILES string of the molecule is C=C/C=C\[C@H](C)[C@@H]1OC(=O)/C=C\C=C\[C@@H](C)[C@@H](O)C[C@H](O)/C=C\[C@H](C)[C@H](O)[C@@H](C)C[C@@H](C)CC[C@@H](O[Si](C)(C)C(C)(C)C)[C@@H]1C. The molecule has 45 heavy (non-hydrogen) atoms. The quantitative estimate of drug-likeness (QED) is 0.121. The van der Waals surface area contributed by atoms with Gasteiger partial charge in [-0.25, -0.2) is 4.79 Å². The van der Waals surface area contributed by atoms with Crippen LogP contribution in [0.5, 0.6) is 0 Å². The summed E-state index contributed by atoms with van der Waals surface area (Å²) in [5.74, 6) is -0.523. The molecular weight excluding hydrogens is 580 g/mol. The molecule has 1 heterocycles. The third-order valence-electron chi connectivity index (χ3n) is 10.0. The molecule has 3 N–H and O–H groups in total. The van der Waals surface area contributed by atoms with Crippen molar-refractivity contribution in [2.75, 3.05) is 0 Å². The molecule has 1 aliphatic rings. The predicted molar refractivity (Wildman–Crippen MR) is 190 cm³/mol. The number of hydrogen-bond acceptors (Lipinski definition) is 6. The Kier molecular flexibility index (Phi) is 17.6. The van der Waals surface area contributed by atoms with Crippen LogP contribution in [0.3, 0.4) is 0 Å². The number of rotatable bonds is 5. The second-order valence-corrected chi connectivity index (χ2v) is 20.0. The topological polar surface area (TPSA) is 96.2 Å². The molecule has 0 bridgehead atoms. The molecular formula is C38H66O6Si. The van der Waals surface area contributed by atoms with Crippen LogP contribution < -0.4 is 0 Å². The second kappa shape index (κ2) is 19.1. The average molecular weight is 647 g/mol. The third-order valence-corrected chi connectivity index (χ3v) is 14.5. The van der Waals surface area contributed by atoms with E-state index in [1.807, 2.05) is 38.2 Å². The number of aliphatic hydroxyl groups excluding tert-OH is 3. The zero-order valence-corrected chi connectivity index (χ0v) is 31.1. The summed E-state index contributed by atoms with van der Waals surface area (Å²) in [6.45, 7) is 27.4. The lowest BCUT2D eigenvalue weighted by atomic mass is 9.82. The molecule has 0 saturated heterocycles. The normalized spacial score (nSPS) is 37.1. The minimum absolute atomic E-state index is 0.0232. The lowest BCUT2D eigenvalue weighted by Gasteiger charge is -2.43. The highest BCUT2D eigenvalue weighted by molar-refractivity contribution is 6.74. The van der Waals surface area contributed by atoms with Gasteiger partial charge in [0.15, 0.2) is 8.32 Å². The highest BCUT2D eigenvalue weighted by Crippen LogP contribution is 2.40. The van der Waals surface area contributed by atoms with Gasteiger partial charge < -0.3 is 24.5 Å². The molecule has 6 nitrogen and oxygen atoms in total. The van der Waals surface area contributed by atoms with Gasteiger partial charge in [0, 0.05) is 36.2 Å². The van der Waals surface area contributed by atoms with E-state index in [1.165, 1.54) is 6.08 Å². The summed E-state index contributed by atoms with van der Waals surface area (Å²) in [6.07, 6.45) is 15.9. The van der Waals surface area contributed by atoms with Crippen molar-refractivity contribution in [3.63, 3.8) is 0 Å². The third kappa shape index (κ3) is 14.3. The van der Waals surface area contributed by atoms with E-state index in [0.29, 0.717) is 5.92 Å². The van der Waals surface area contributed by atoms with E-state index in [4.69, 9.17) is 9.16 Å². The lowest BCUT2D eigenvalue weighted by molar-refractivity contribution is -0.150. The summed E-state index contributed by atoms with van der Waals surface area (Å²) < 4.78 is 13.2. The van der Waals surface area contributed by atoms with Crippen LogP contribution in [-0.2, 0) is 14.0 Å². The maximum Gasteiger partial charge on any atom is 0.331 e. The van der Waals surface area contributed by atoms with Crippen molar-refractivity contribution < 1.29 is 29.3 Å². The second-order valence-electron chi connectivity index (χ2n) is 15.3. The van der Waals surface area contributed by atoms with Crippen LogP contribution in [0.15, 0.2) is 61.3 Å². The highest BCUT2D eigenvalue weighted by atomic mass is 28.4. The molecule has 0 aliphatic carbocycles. The van der Waals surface area contributed by atoms with Gasteiger partial charge in [0.1, 0.15) is 6.10 Å². The number of allylic oxidation sites excluding steroid dienone is 4. The fraction of sp³-hybridized carbons (Fsp3) is 0.711. The molecule has 0 aromatic rings. The molecule has 11 atom stereocenters. The molecule has 0 unspecified atom stereocenters. The Morgan fingerprint density at radius 2 is 1.62 bits per heavy atom. The molecule has 7 heteroatoms. The first-order chi connectivity index (χ1) is 20.8. The van der Waals surface area contributed by atoms with Gasteiger partial charge in [-0.3, -0.25) is 0 Å². The van der Waals surface area contributed by atoms with E-state index in [1.54, 1.807) is 24.3 Å². The van der Waals surface area contributed by atoms with Gasteiger partial charge in [0.2, 0.25) is 0 Å². The zero-order chi connectivity index (χ0) is 34.5. The van der Waals surface area contributed by atoms with Crippen LogP contribution in [0, 0.1) is 35.5 Å². The van der Waals surface area contributed by atoms with Crippen molar-refractivity contribution in [2.45, 2.75) is 137 Å². The fourth-order valence-corrected chi connectivity index (χ4v) is 7.19. The molecule has 0 saturated carbocycles. The van der Waals surface area contributed by atoms with Crippen molar-refractivity contribution >= 4 is 14.3 Å². The average Bonchev–Trinajstić information content (AvgIpc) is 2.95. The van der Waals surface area contributed by atoms with Crippen LogP contribution in [-0.4, -0.2) is 60.1 Å². The van der Waals surface area contributed by atoms with Crippen LogP contribution in [0.2, 0.25) is 18.1 Å². The van der Waals surface area contributed by atoms with Gasteiger partial charge in [-0.1, -0.05) is 118 Å². The minimum atomic E-state index is -2.16. The minimum Gasteiger partial charge on any atom is -0.458 e. The Morgan fingerprint density at radius 3 is 2.22 bits per heavy atom. The maximum absolute atomic E-state index is 13.1. The van der Waals surface area contributed by atoms with Crippen LogP contribution >= 0.6 is 0 Å². The molecule has 1 rings (SSSR count). The van der Waals surface area contributed by atoms with Crippen molar-refractivity contribution in [1.29, 1.82) is 0 Å². The summed E-state index contributed by atoms with van der Waals surface area (Å²) in [6, 6.07) is 0. The first-order valence-electron chi connectivity index (χ1n) is 17.1. The molecule has 258 valence electrons. The standard InChI is InChI=1S/C38H66O6Si/c1-13-14-17-29(5)37-31(7)34(44-45(11,12)38(8,9)10)23-20-26(2)24-30(6)36(42)28(4)21-22-32(39)25-33(40)27(3)18-15-16-19-35(41)43-37/h13-19,21-22,26-34,36-37,39-40,42H,1,20,23-25H2,2-12H3/b17-14-,18-15+,19-16-,22-21-/t26-,27+,28-,29-,30-,31-,32+,33-,34+,36-,37-/m0/s1. The lowest BCUT2D eigenvalue weighted by Crippen LogP contribution is -2.48. The van der Waals surface area contributed by atoms with E-state index in [9.17, 15) is 20.1 Å². The maximum atomic E-state index is 13.1. The molecule has 0 radical (unpaired) electrons. The summed E-state index contributed by atoms with van der Waals surface area (Å²) in [5, 5.41) is 32.3. The van der Waals surface area contributed by atoms with Gasteiger partial charge in [0.05, 0.1) is 24.4 Å². The largest absolute Gasteiger partial charge is 0.458 e.